The lowest BCUT2D eigenvalue weighted by Crippen LogP contribution is -2.25. The maximum atomic E-state index is 13.0. The van der Waals surface area contributed by atoms with Crippen molar-refractivity contribution in [3.8, 4) is 0 Å². The molecule has 0 radical (unpaired) electrons. The number of amides is 1. The number of carbonyl (C=O) groups is 1. The number of benzene rings is 3. The predicted molar refractivity (Wildman–Crippen MR) is 117 cm³/mol. The highest BCUT2D eigenvalue weighted by Gasteiger charge is 2.12. The van der Waals surface area contributed by atoms with Gasteiger partial charge in [-0.2, -0.15) is 0 Å². The molecule has 30 heavy (non-hydrogen) atoms. The molecular formula is C24H21ClFN3O. The lowest BCUT2D eigenvalue weighted by atomic mass is 10.2. The van der Waals surface area contributed by atoms with Crippen LogP contribution >= 0.6 is 11.6 Å². The average Bonchev–Trinajstić information content (AvgIpc) is 3.10. The highest BCUT2D eigenvalue weighted by molar-refractivity contribution is 6.31. The average molecular weight is 422 g/mol. The molecule has 0 unspecified atom stereocenters. The Balaban J connectivity index is 1.45. The van der Waals surface area contributed by atoms with E-state index >= 15 is 0 Å². The number of carbonyl (C=O) groups excluding carboxylic acids is 1. The lowest BCUT2D eigenvalue weighted by molar-refractivity contribution is 0.0953. The lowest BCUT2D eigenvalue weighted by Gasteiger charge is -2.11. The van der Waals surface area contributed by atoms with Crippen LogP contribution < -0.4 is 5.32 Å². The van der Waals surface area contributed by atoms with Crippen LogP contribution in [0.1, 0.15) is 28.2 Å². The van der Waals surface area contributed by atoms with Crippen LogP contribution in [0.2, 0.25) is 5.02 Å². The van der Waals surface area contributed by atoms with Crippen molar-refractivity contribution >= 4 is 28.5 Å². The summed E-state index contributed by atoms with van der Waals surface area (Å²) in [5.41, 5.74) is 3.48. The van der Waals surface area contributed by atoms with E-state index in [9.17, 15) is 9.18 Å². The standard InChI is InChI=1S/C24H21ClFN3O/c25-20-7-2-1-6-18(20)16-29-22-9-4-3-8-21(22)28-23(29)10-5-15-27-24(30)17-11-13-19(26)14-12-17/h1-4,6-9,11-14H,5,10,15-16H2,(H,27,30). The minimum absolute atomic E-state index is 0.209. The van der Waals surface area contributed by atoms with Crippen LogP contribution in [0.25, 0.3) is 11.0 Å². The van der Waals surface area contributed by atoms with Crippen molar-refractivity contribution in [2.75, 3.05) is 6.54 Å². The first-order chi connectivity index (χ1) is 14.6. The molecule has 0 saturated heterocycles. The third-order valence-electron chi connectivity index (χ3n) is 4.99. The van der Waals surface area contributed by atoms with Crippen molar-refractivity contribution < 1.29 is 9.18 Å². The first-order valence-corrected chi connectivity index (χ1v) is 10.2. The Morgan fingerprint density at radius 1 is 1.00 bits per heavy atom. The number of nitrogens with one attached hydrogen (secondary N) is 1. The van der Waals surface area contributed by atoms with E-state index in [-0.39, 0.29) is 11.7 Å². The molecule has 3 aromatic carbocycles. The number of rotatable bonds is 7. The molecule has 1 heterocycles. The second-order valence-electron chi connectivity index (χ2n) is 7.06. The summed E-state index contributed by atoms with van der Waals surface area (Å²) in [5.74, 6) is 0.385. The number of halogens is 2. The van der Waals surface area contributed by atoms with Gasteiger partial charge in [0.2, 0.25) is 0 Å². The highest BCUT2D eigenvalue weighted by Crippen LogP contribution is 2.22. The zero-order valence-corrected chi connectivity index (χ0v) is 17.1. The first kappa shape index (κ1) is 20.1. The highest BCUT2D eigenvalue weighted by atomic mass is 35.5. The maximum absolute atomic E-state index is 13.0. The van der Waals surface area contributed by atoms with Crippen molar-refractivity contribution in [3.05, 3.63) is 101 Å². The van der Waals surface area contributed by atoms with Crippen molar-refractivity contribution in [1.29, 1.82) is 0 Å². The Morgan fingerprint density at radius 3 is 2.53 bits per heavy atom. The third-order valence-corrected chi connectivity index (χ3v) is 5.36. The van der Waals surface area contributed by atoms with E-state index in [0.29, 0.717) is 25.1 Å². The number of aryl methyl sites for hydroxylation is 1. The van der Waals surface area contributed by atoms with E-state index in [1.165, 1.54) is 24.3 Å². The second-order valence-corrected chi connectivity index (χ2v) is 7.47. The van der Waals surface area contributed by atoms with Crippen LogP contribution in [0.3, 0.4) is 0 Å². The number of hydrogen-bond donors (Lipinski definition) is 1. The topological polar surface area (TPSA) is 46.9 Å². The zero-order chi connectivity index (χ0) is 20.9. The largest absolute Gasteiger partial charge is 0.352 e. The van der Waals surface area contributed by atoms with E-state index in [1.807, 2.05) is 42.5 Å². The normalized spacial score (nSPS) is 11.0. The van der Waals surface area contributed by atoms with E-state index in [4.69, 9.17) is 16.6 Å². The minimum Gasteiger partial charge on any atom is -0.352 e. The summed E-state index contributed by atoms with van der Waals surface area (Å²) in [5, 5.41) is 3.61. The molecule has 0 atom stereocenters. The molecule has 4 nitrogen and oxygen atoms in total. The number of nitrogens with zero attached hydrogens (tertiary/aromatic N) is 2. The van der Waals surface area contributed by atoms with Gasteiger partial charge in [0.25, 0.3) is 5.91 Å². The Morgan fingerprint density at radius 2 is 1.73 bits per heavy atom. The van der Waals surface area contributed by atoms with Gasteiger partial charge in [-0.15, -0.1) is 0 Å². The molecule has 4 rings (SSSR count). The molecule has 1 aromatic heterocycles. The number of imidazole rings is 1. The van der Waals surface area contributed by atoms with Gasteiger partial charge in [0.1, 0.15) is 11.6 Å². The molecular weight excluding hydrogens is 401 g/mol. The van der Waals surface area contributed by atoms with Crippen molar-refractivity contribution in [2.24, 2.45) is 0 Å². The number of hydrogen-bond acceptors (Lipinski definition) is 2. The molecule has 0 fully saturated rings. The summed E-state index contributed by atoms with van der Waals surface area (Å²) < 4.78 is 15.2. The summed E-state index contributed by atoms with van der Waals surface area (Å²) in [6.45, 7) is 1.14. The van der Waals surface area contributed by atoms with Crippen LogP contribution in [-0.4, -0.2) is 22.0 Å². The fraction of sp³-hybridized carbons (Fsp3) is 0.167. The molecule has 0 spiro atoms. The molecule has 0 aliphatic heterocycles. The molecule has 0 bridgehead atoms. The van der Waals surface area contributed by atoms with Gasteiger partial charge in [-0.3, -0.25) is 4.79 Å². The molecule has 4 aromatic rings. The van der Waals surface area contributed by atoms with E-state index < -0.39 is 0 Å². The quantitative estimate of drug-likeness (QED) is 0.415. The van der Waals surface area contributed by atoms with Gasteiger partial charge in [0.05, 0.1) is 17.6 Å². The number of para-hydroxylation sites is 2. The summed E-state index contributed by atoms with van der Waals surface area (Å²) in [4.78, 5) is 17.0. The molecule has 6 heteroatoms. The summed E-state index contributed by atoms with van der Waals surface area (Å²) in [6, 6.07) is 21.4. The molecule has 1 N–H and O–H groups in total. The van der Waals surface area contributed by atoms with Crippen LogP contribution in [0.5, 0.6) is 0 Å². The smallest absolute Gasteiger partial charge is 0.251 e. The van der Waals surface area contributed by atoms with Crippen molar-refractivity contribution in [3.63, 3.8) is 0 Å². The fourth-order valence-corrected chi connectivity index (χ4v) is 3.64. The fourth-order valence-electron chi connectivity index (χ4n) is 3.44. The van der Waals surface area contributed by atoms with Crippen molar-refractivity contribution in [1.82, 2.24) is 14.9 Å². The molecule has 0 aliphatic rings. The summed E-state index contributed by atoms with van der Waals surface area (Å²) in [7, 11) is 0. The van der Waals surface area contributed by atoms with E-state index in [2.05, 4.69) is 16.0 Å². The SMILES string of the molecule is O=C(NCCCc1nc2ccccc2n1Cc1ccccc1Cl)c1ccc(F)cc1. The van der Waals surface area contributed by atoms with E-state index in [1.54, 1.807) is 0 Å². The number of fused-ring (bicyclic) bond motifs is 1. The Hall–Kier alpha value is -3.18. The summed E-state index contributed by atoms with van der Waals surface area (Å²) >= 11 is 6.37. The van der Waals surface area contributed by atoms with Gasteiger partial charge in [-0.1, -0.05) is 41.9 Å². The zero-order valence-electron chi connectivity index (χ0n) is 16.3. The van der Waals surface area contributed by atoms with Crippen LogP contribution in [0, 0.1) is 5.82 Å². The number of aromatic nitrogens is 2. The Kier molecular flexibility index (Phi) is 6.10. The molecule has 1 amide bonds. The van der Waals surface area contributed by atoms with Gasteiger partial charge >= 0.3 is 0 Å². The maximum Gasteiger partial charge on any atom is 0.251 e. The van der Waals surface area contributed by atoms with Gasteiger partial charge in [0.15, 0.2) is 0 Å². The summed E-state index contributed by atoms with van der Waals surface area (Å²) in [6.07, 6.45) is 1.45. The van der Waals surface area contributed by atoms with Gasteiger partial charge < -0.3 is 9.88 Å². The molecule has 0 saturated carbocycles. The minimum atomic E-state index is -0.357. The van der Waals surface area contributed by atoms with Crippen molar-refractivity contribution in [2.45, 2.75) is 19.4 Å². The van der Waals surface area contributed by atoms with Gasteiger partial charge in [-0.25, -0.2) is 9.37 Å². The Labute approximate surface area is 179 Å². The first-order valence-electron chi connectivity index (χ1n) is 9.83. The van der Waals surface area contributed by atoms with Gasteiger partial charge in [0, 0.05) is 23.6 Å². The van der Waals surface area contributed by atoms with E-state index in [0.717, 1.165) is 33.9 Å². The van der Waals surface area contributed by atoms with Crippen LogP contribution in [0.4, 0.5) is 4.39 Å². The Bertz CT molecular complexity index is 1170. The molecule has 152 valence electrons. The third kappa shape index (κ3) is 4.52. The van der Waals surface area contributed by atoms with Gasteiger partial charge in [-0.05, 0) is 54.4 Å². The monoisotopic (exact) mass is 421 g/mol. The second kappa shape index (κ2) is 9.09. The molecule has 0 aliphatic carbocycles. The van der Waals surface area contributed by atoms with Crippen LogP contribution in [-0.2, 0) is 13.0 Å². The van der Waals surface area contributed by atoms with Crippen LogP contribution in [0.15, 0.2) is 72.8 Å². The predicted octanol–water partition coefficient (Wildman–Crippen LogP) is 5.24.